The molecule has 0 saturated heterocycles. The molecule has 9 nitrogen and oxygen atoms in total. The van der Waals surface area contributed by atoms with E-state index in [4.69, 9.17) is 11.5 Å². The van der Waals surface area contributed by atoms with Crippen molar-refractivity contribution < 1.29 is 18.1 Å². The molecule has 1 fully saturated rings. The van der Waals surface area contributed by atoms with Crippen LogP contribution in [-0.4, -0.2) is 30.5 Å². The number of nitro groups is 1. The predicted molar refractivity (Wildman–Crippen MR) is 92.1 cm³/mol. The third-order valence-electron chi connectivity index (χ3n) is 4.27. The van der Waals surface area contributed by atoms with E-state index < -0.39 is 37.6 Å². The van der Waals surface area contributed by atoms with Crippen molar-refractivity contribution in [2.45, 2.75) is 49.2 Å². The van der Waals surface area contributed by atoms with Crippen molar-refractivity contribution in [1.82, 2.24) is 0 Å². The van der Waals surface area contributed by atoms with Crippen LogP contribution in [0.25, 0.3) is 0 Å². The number of nitro benzene ring substituents is 1. The molecule has 1 aliphatic carbocycles. The molecule has 4 N–H and O–H groups in total. The van der Waals surface area contributed by atoms with Gasteiger partial charge in [-0.05, 0) is 30.9 Å². The molecule has 0 aromatic heterocycles. The molecule has 1 amide bonds. The second-order valence-corrected chi connectivity index (χ2v) is 8.08. The number of hydrogen-bond donors (Lipinski definition) is 2. The fraction of sp³-hybridized carbons (Fsp3) is 0.467. The SMILES string of the molecule is CCc1cc(S(=O)(=O)C2CCCC2)c([N+](=O)[O-])cc1C(=O)N=C(N)N. The van der Waals surface area contributed by atoms with Crippen LogP contribution < -0.4 is 11.5 Å². The fourth-order valence-corrected chi connectivity index (χ4v) is 5.07. The highest BCUT2D eigenvalue weighted by atomic mass is 32.2. The molecule has 1 aliphatic rings. The lowest BCUT2D eigenvalue weighted by Crippen LogP contribution is -2.24. The molecular weight excluding hydrogens is 348 g/mol. The van der Waals surface area contributed by atoms with Gasteiger partial charge < -0.3 is 11.5 Å². The first-order chi connectivity index (χ1) is 11.7. The number of hydrogen-bond acceptors (Lipinski definition) is 5. The van der Waals surface area contributed by atoms with Crippen molar-refractivity contribution in [2.75, 3.05) is 0 Å². The second kappa shape index (κ2) is 7.18. The Morgan fingerprint density at radius 2 is 1.92 bits per heavy atom. The zero-order valence-corrected chi connectivity index (χ0v) is 14.6. The number of amides is 1. The Morgan fingerprint density at radius 1 is 1.32 bits per heavy atom. The molecule has 1 aromatic carbocycles. The van der Waals surface area contributed by atoms with Crippen LogP contribution in [0.2, 0.25) is 0 Å². The standard InChI is InChI=1S/C15H20N4O5S/c1-2-9-7-13(25(23,24)10-5-3-4-6-10)12(19(21)22)8-11(9)14(20)18-15(16)17/h7-8,10H,2-6H2,1H3,(H4,16,17,18,20). The van der Waals surface area contributed by atoms with Crippen molar-refractivity contribution in [3.8, 4) is 0 Å². The van der Waals surface area contributed by atoms with Gasteiger partial charge >= 0.3 is 0 Å². The van der Waals surface area contributed by atoms with Crippen LogP contribution in [0, 0.1) is 10.1 Å². The Morgan fingerprint density at radius 3 is 2.40 bits per heavy atom. The summed E-state index contributed by atoms with van der Waals surface area (Å²) in [6, 6.07) is 2.16. The summed E-state index contributed by atoms with van der Waals surface area (Å²) >= 11 is 0. The van der Waals surface area contributed by atoms with Crippen molar-refractivity contribution in [1.29, 1.82) is 0 Å². The smallest absolute Gasteiger partial charge is 0.288 e. The lowest BCUT2D eigenvalue weighted by atomic mass is 10.0. The van der Waals surface area contributed by atoms with Crippen LogP contribution in [0.1, 0.15) is 48.5 Å². The summed E-state index contributed by atoms with van der Waals surface area (Å²) < 4.78 is 25.7. The number of guanidine groups is 1. The maximum absolute atomic E-state index is 12.8. The van der Waals surface area contributed by atoms with Crippen molar-refractivity contribution in [3.63, 3.8) is 0 Å². The fourth-order valence-electron chi connectivity index (χ4n) is 3.03. The van der Waals surface area contributed by atoms with Crippen LogP contribution in [-0.2, 0) is 16.3 Å². The normalized spacial score (nSPS) is 15.1. The predicted octanol–water partition coefficient (Wildman–Crippen LogP) is 1.29. The molecule has 0 heterocycles. The van der Waals surface area contributed by atoms with E-state index in [9.17, 15) is 23.3 Å². The molecule has 0 spiro atoms. The van der Waals surface area contributed by atoms with Crippen LogP contribution in [0.3, 0.4) is 0 Å². The second-order valence-electron chi connectivity index (χ2n) is 5.88. The number of carbonyl (C=O) groups is 1. The largest absolute Gasteiger partial charge is 0.370 e. The third-order valence-corrected chi connectivity index (χ3v) is 6.56. The minimum absolute atomic E-state index is 0.0760. The van der Waals surface area contributed by atoms with Gasteiger partial charge in [-0.15, -0.1) is 0 Å². The van der Waals surface area contributed by atoms with Crippen molar-refractivity contribution >= 4 is 27.4 Å². The van der Waals surface area contributed by atoms with Gasteiger partial charge in [0.25, 0.3) is 11.6 Å². The summed E-state index contributed by atoms with van der Waals surface area (Å²) in [5, 5.41) is 10.8. The summed E-state index contributed by atoms with van der Waals surface area (Å²) in [6.45, 7) is 1.71. The van der Waals surface area contributed by atoms with Gasteiger partial charge in [-0.1, -0.05) is 19.8 Å². The minimum atomic E-state index is -3.85. The average Bonchev–Trinajstić information content (AvgIpc) is 3.07. The number of aryl methyl sites for hydroxylation is 1. The monoisotopic (exact) mass is 368 g/mol. The summed E-state index contributed by atoms with van der Waals surface area (Å²) in [7, 11) is -3.85. The highest BCUT2D eigenvalue weighted by Crippen LogP contribution is 2.36. The van der Waals surface area contributed by atoms with Crippen molar-refractivity contribution in [3.05, 3.63) is 33.4 Å². The van der Waals surface area contributed by atoms with Crippen molar-refractivity contribution in [2.24, 2.45) is 16.5 Å². The van der Waals surface area contributed by atoms with Gasteiger partial charge in [0.15, 0.2) is 15.8 Å². The first-order valence-electron chi connectivity index (χ1n) is 7.87. The van der Waals surface area contributed by atoms with E-state index in [1.54, 1.807) is 6.92 Å². The molecule has 0 atom stereocenters. The van der Waals surface area contributed by atoms with E-state index in [2.05, 4.69) is 4.99 Å². The molecule has 0 bridgehead atoms. The maximum Gasteiger partial charge on any atom is 0.288 e. The molecule has 2 rings (SSSR count). The van der Waals surface area contributed by atoms with Crippen LogP contribution in [0.15, 0.2) is 22.0 Å². The van der Waals surface area contributed by atoms with Gasteiger partial charge in [-0.25, -0.2) is 8.42 Å². The Hall–Kier alpha value is -2.49. The van der Waals surface area contributed by atoms with Crippen LogP contribution in [0.4, 0.5) is 5.69 Å². The number of aliphatic imine (C=N–C) groups is 1. The molecule has 136 valence electrons. The van der Waals surface area contributed by atoms with Gasteiger partial charge in [0, 0.05) is 6.07 Å². The summed E-state index contributed by atoms with van der Waals surface area (Å²) in [5.74, 6) is -1.32. The van der Waals surface area contributed by atoms with E-state index in [-0.39, 0.29) is 10.5 Å². The first kappa shape index (κ1) is 18.8. The molecular formula is C15H20N4O5S. The minimum Gasteiger partial charge on any atom is -0.370 e. The Kier molecular flexibility index (Phi) is 5.41. The molecule has 0 aliphatic heterocycles. The molecule has 0 radical (unpaired) electrons. The summed E-state index contributed by atoms with van der Waals surface area (Å²) in [5.41, 5.74) is 10.0. The third kappa shape index (κ3) is 3.78. The number of nitrogens with zero attached hydrogens (tertiary/aromatic N) is 2. The van der Waals surface area contributed by atoms with Crippen LogP contribution in [0.5, 0.6) is 0 Å². The van der Waals surface area contributed by atoms with E-state index >= 15 is 0 Å². The van der Waals surface area contributed by atoms with E-state index in [0.717, 1.165) is 18.9 Å². The number of sulfone groups is 1. The number of carbonyl (C=O) groups excluding carboxylic acids is 1. The van der Waals surface area contributed by atoms with Crippen LogP contribution >= 0.6 is 0 Å². The van der Waals surface area contributed by atoms with Gasteiger partial charge in [-0.3, -0.25) is 14.9 Å². The number of nitrogens with two attached hydrogens (primary N) is 2. The molecule has 1 saturated carbocycles. The lowest BCUT2D eigenvalue weighted by Gasteiger charge is -2.14. The summed E-state index contributed by atoms with van der Waals surface area (Å²) in [6.07, 6.45) is 2.82. The van der Waals surface area contributed by atoms with E-state index in [1.165, 1.54) is 6.07 Å². The Labute approximate surface area is 145 Å². The molecule has 10 heteroatoms. The molecule has 25 heavy (non-hydrogen) atoms. The van der Waals surface area contributed by atoms with Gasteiger partial charge in [0.1, 0.15) is 4.90 Å². The highest BCUT2D eigenvalue weighted by Gasteiger charge is 2.36. The zero-order valence-electron chi connectivity index (χ0n) is 13.8. The first-order valence-corrected chi connectivity index (χ1v) is 9.42. The molecule has 1 aromatic rings. The topological polar surface area (TPSA) is 159 Å². The average molecular weight is 368 g/mol. The van der Waals surface area contributed by atoms with Gasteiger partial charge in [0.2, 0.25) is 0 Å². The highest BCUT2D eigenvalue weighted by molar-refractivity contribution is 7.92. The van der Waals surface area contributed by atoms with Gasteiger partial charge in [-0.2, -0.15) is 4.99 Å². The Bertz CT molecular complexity index is 838. The quantitative estimate of drug-likeness (QED) is 0.343. The van der Waals surface area contributed by atoms with Gasteiger partial charge in [0.05, 0.1) is 15.7 Å². The van der Waals surface area contributed by atoms with E-state index in [0.29, 0.717) is 24.8 Å². The number of benzene rings is 1. The maximum atomic E-state index is 12.8. The number of rotatable bonds is 5. The lowest BCUT2D eigenvalue weighted by molar-refractivity contribution is -0.387. The summed E-state index contributed by atoms with van der Waals surface area (Å²) in [4.78, 5) is 25.8. The Balaban J connectivity index is 2.67. The molecule has 0 unspecified atom stereocenters. The van der Waals surface area contributed by atoms with E-state index in [1.807, 2.05) is 0 Å². The zero-order chi connectivity index (χ0) is 18.8.